The number of nitrogens with one attached hydrogen (secondary N) is 1. The third-order valence-corrected chi connectivity index (χ3v) is 7.13. The molecule has 6 nitrogen and oxygen atoms in total. The molecule has 0 bridgehead atoms. The molecule has 1 aliphatic rings. The lowest BCUT2D eigenvalue weighted by molar-refractivity contribution is 0.0730. The van der Waals surface area contributed by atoms with Crippen molar-refractivity contribution in [2.45, 2.75) is 17.9 Å². The number of halogens is 2. The summed E-state index contributed by atoms with van der Waals surface area (Å²) in [7, 11) is -3.67. The average molecular weight is 443 g/mol. The van der Waals surface area contributed by atoms with Crippen LogP contribution in [-0.2, 0) is 14.8 Å². The quantitative estimate of drug-likeness (QED) is 0.768. The number of amides is 1. The van der Waals surface area contributed by atoms with Crippen LogP contribution in [0.4, 0.5) is 0 Å². The van der Waals surface area contributed by atoms with Crippen molar-refractivity contribution >= 4 is 39.1 Å². The van der Waals surface area contributed by atoms with Crippen LogP contribution in [0.25, 0.3) is 0 Å². The van der Waals surface area contributed by atoms with Crippen LogP contribution >= 0.6 is 23.2 Å². The summed E-state index contributed by atoms with van der Waals surface area (Å²) in [6.45, 7) is 3.13. The molecule has 0 aromatic heterocycles. The Morgan fingerprint density at radius 1 is 1.11 bits per heavy atom. The fraction of sp³-hybridized carbons (Fsp3) is 0.316. The molecule has 1 aliphatic heterocycles. The SMILES string of the molecule is CC(NC(=O)c1cccc(S(=O)(=O)N2CCOCC2)c1)c1ccc(Cl)c(Cl)c1. The number of sulfonamides is 1. The van der Waals surface area contributed by atoms with E-state index in [4.69, 9.17) is 27.9 Å². The molecule has 9 heteroatoms. The molecule has 1 unspecified atom stereocenters. The van der Waals surface area contributed by atoms with E-state index in [1.165, 1.54) is 16.4 Å². The molecule has 1 heterocycles. The Balaban J connectivity index is 1.77. The maximum Gasteiger partial charge on any atom is 0.251 e. The van der Waals surface area contributed by atoms with Gasteiger partial charge in [0.2, 0.25) is 10.0 Å². The Bertz CT molecular complexity index is 976. The van der Waals surface area contributed by atoms with E-state index in [9.17, 15) is 13.2 Å². The van der Waals surface area contributed by atoms with Crippen molar-refractivity contribution in [2.75, 3.05) is 26.3 Å². The van der Waals surface area contributed by atoms with Gasteiger partial charge in [0, 0.05) is 18.7 Å². The molecule has 3 rings (SSSR count). The third kappa shape index (κ3) is 4.67. The van der Waals surface area contributed by atoms with Gasteiger partial charge in [0.25, 0.3) is 5.91 Å². The molecule has 1 amide bonds. The maximum absolute atomic E-state index is 12.8. The van der Waals surface area contributed by atoms with Gasteiger partial charge in [-0.2, -0.15) is 4.31 Å². The lowest BCUT2D eigenvalue weighted by Gasteiger charge is -2.26. The summed E-state index contributed by atoms with van der Waals surface area (Å²) in [6.07, 6.45) is 0. The molecular weight excluding hydrogens is 423 g/mol. The largest absolute Gasteiger partial charge is 0.379 e. The minimum Gasteiger partial charge on any atom is -0.379 e. The Hall–Kier alpha value is -1.64. The van der Waals surface area contributed by atoms with Crippen molar-refractivity contribution in [3.63, 3.8) is 0 Å². The van der Waals surface area contributed by atoms with E-state index >= 15 is 0 Å². The Morgan fingerprint density at radius 3 is 2.50 bits per heavy atom. The summed E-state index contributed by atoms with van der Waals surface area (Å²) < 4.78 is 32.1. The van der Waals surface area contributed by atoms with Crippen LogP contribution < -0.4 is 5.32 Å². The van der Waals surface area contributed by atoms with Crippen LogP contribution in [-0.4, -0.2) is 44.9 Å². The summed E-state index contributed by atoms with van der Waals surface area (Å²) >= 11 is 12.0. The van der Waals surface area contributed by atoms with E-state index in [-0.39, 0.29) is 22.4 Å². The summed E-state index contributed by atoms with van der Waals surface area (Å²) in [4.78, 5) is 12.7. The zero-order chi connectivity index (χ0) is 20.3. The van der Waals surface area contributed by atoms with E-state index in [0.29, 0.717) is 36.3 Å². The molecule has 0 radical (unpaired) electrons. The van der Waals surface area contributed by atoms with Crippen molar-refractivity contribution in [3.05, 3.63) is 63.6 Å². The van der Waals surface area contributed by atoms with Crippen LogP contribution in [0.2, 0.25) is 10.0 Å². The first kappa shape index (κ1) is 21.1. The van der Waals surface area contributed by atoms with Gasteiger partial charge in [-0.1, -0.05) is 35.3 Å². The molecular formula is C19H20Cl2N2O4S. The normalized spacial score (nSPS) is 16.5. The molecule has 28 heavy (non-hydrogen) atoms. The van der Waals surface area contributed by atoms with E-state index < -0.39 is 10.0 Å². The molecule has 0 spiro atoms. The van der Waals surface area contributed by atoms with Crippen LogP contribution in [0.3, 0.4) is 0 Å². The lowest BCUT2D eigenvalue weighted by Crippen LogP contribution is -2.40. The number of nitrogens with zero attached hydrogens (tertiary/aromatic N) is 1. The molecule has 1 atom stereocenters. The minimum atomic E-state index is -3.67. The number of hydrogen-bond donors (Lipinski definition) is 1. The molecule has 0 aliphatic carbocycles. The fourth-order valence-corrected chi connectivity index (χ4v) is 4.64. The van der Waals surface area contributed by atoms with Crippen LogP contribution in [0.1, 0.15) is 28.9 Å². The second-order valence-corrected chi connectivity index (χ2v) is 9.17. The van der Waals surface area contributed by atoms with E-state index in [2.05, 4.69) is 5.32 Å². The number of rotatable bonds is 5. The second-order valence-electron chi connectivity index (χ2n) is 6.41. The number of hydrogen-bond acceptors (Lipinski definition) is 4. The molecule has 1 N–H and O–H groups in total. The highest BCUT2D eigenvalue weighted by Gasteiger charge is 2.27. The van der Waals surface area contributed by atoms with Gasteiger partial charge >= 0.3 is 0 Å². The molecule has 2 aromatic carbocycles. The first-order valence-electron chi connectivity index (χ1n) is 8.73. The highest BCUT2D eigenvalue weighted by atomic mass is 35.5. The van der Waals surface area contributed by atoms with E-state index in [1.54, 1.807) is 30.3 Å². The zero-order valence-electron chi connectivity index (χ0n) is 15.2. The Kier molecular flexibility index (Phi) is 6.62. The van der Waals surface area contributed by atoms with Crippen molar-refractivity contribution < 1.29 is 17.9 Å². The fourth-order valence-electron chi connectivity index (χ4n) is 2.88. The molecule has 0 saturated carbocycles. The van der Waals surface area contributed by atoms with Gasteiger partial charge in [-0.05, 0) is 42.8 Å². The van der Waals surface area contributed by atoms with Gasteiger partial charge in [-0.15, -0.1) is 0 Å². The highest BCUT2D eigenvalue weighted by molar-refractivity contribution is 7.89. The van der Waals surface area contributed by atoms with Gasteiger partial charge in [0.15, 0.2) is 0 Å². The molecule has 1 saturated heterocycles. The zero-order valence-corrected chi connectivity index (χ0v) is 17.5. The van der Waals surface area contributed by atoms with Crippen molar-refractivity contribution in [1.82, 2.24) is 9.62 Å². The van der Waals surface area contributed by atoms with E-state index in [0.717, 1.165) is 5.56 Å². The monoisotopic (exact) mass is 442 g/mol. The number of benzene rings is 2. The van der Waals surface area contributed by atoms with Gasteiger partial charge in [0.1, 0.15) is 0 Å². The number of carbonyl (C=O) groups excluding carboxylic acids is 1. The Morgan fingerprint density at radius 2 is 1.82 bits per heavy atom. The smallest absolute Gasteiger partial charge is 0.251 e. The molecule has 150 valence electrons. The lowest BCUT2D eigenvalue weighted by atomic mass is 10.1. The standard InChI is InChI=1S/C19H20Cl2N2O4S/c1-13(14-5-6-17(20)18(21)12-14)22-19(24)15-3-2-4-16(11-15)28(25,26)23-7-9-27-10-8-23/h2-6,11-13H,7-10H2,1H3,(H,22,24). The van der Waals surface area contributed by atoms with Crippen molar-refractivity contribution in [3.8, 4) is 0 Å². The van der Waals surface area contributed by atoms with Gasteiger partial charge < -0.3 is 10.1 Å². The topological polar surface area (TPSA) is 75.7 Å². The van der Waals surface area contributed by atoms with Gasteiger partial charge in [-0.25, -0.2) is 8.42 Å². The molecule has 2 aromatic rings. The van der Waals surface area contributed by atoms with Crippen molar-refractivity contribution in [1.29, 1.82) is 0 Å². The number of carbonyl (C=O) groups is 1. The number of ether oxygens (including phenoxy) is 1. The van der Waals surface area contributed by atoms with Crippen LogP contribution in [0.15, 0.2) is 47.4 Å². The summed E-state index contributed by atoms with van der Waals surface area (Å²) in [5.74, 6) is -0.377. The Labute approximate surface area is 174 Å². The van der Waals surface area contributed by atoms with Crippen LogP contribution in [0.5, 0.6) is 0 Å². The van der Waals surface area contributed by atoms with Gasteiger partial charge in [-0.3, -0.25) is 4.79 Å². The number of morpholine rings is 1. The summed E-state index contributed by atoms with van der Waals surface area (Å²) in [6, 6.07) is 10.8. The first-order valence-corrected chi connectivity index (χ1v) is 10.9. The van der Waals surface area contributed by atoms with Crippen LogP contribution in [0, 0.1) is 0 Å². The first-order chi connectivity index (χ1) is 13.3. The average Bonchev–Trinajstić information content (AvgIpc) is 2.70. The maximum atomic E-state index is 12.8. The highest BCUT2D eigenvalue weighted by Crippen LogP contribution is 2.26. The predicted molar refractivity (Wildman–Crippen MR) is 108 cm³/mol. The molecule has 1 fully saturated rings. The minimum absolute atomic E-state index is 0.0873. The third-order valence-electron chi connectivity index (χ3n) is 4.50. The van der Waals surface area contributed by atoms with E-state index in [1.807, 2.05) is 6.92 Å². The second kappa shape index (κ2) is 8.80. The summed E-state index contributed by atoms with van der Waals surface area (Å²) in [5.41, 5.74) is 1.06. The van der Waals surface area contributed by atoms with Crippen molar-refractivity contribution in [2.24, 2.45) is 0 Å². The van der Waals surface area contributed by atoms with Gasteiger partial charge in [0.05, 0.1) is 34.2 Å². The predicted octanol–water partition coefficient (Wildman–Crippen LogP) is 3.51. The summed E-state index contributed by atoms with van der Waals surface area (Å²) in [5, 5.41) is 3.69.